The largest absolute Gasteiger partial charge is 0.0656 e. The summed E-state index contributed by atoms with van der Waals surface area (Å²) in [6, 6.07) is 0. The molecule has 0 radical (unpaired) electrons. The van der Waals surface area contributed by atoms with E-state index in [2.05, 4.69) is 27.7 Å². The van der Waals surface area contributed by atoms with Gasteiger partial charge in [-0.2, -0.15) is 0 Å². The van der Waals surface area contributed by atoms with Crippen LogP contribution >= 0.6 is 0 Å². The third kappa shape index (κ3) is 5.29. The summed E-state index contributed by atoms with van der Waals surface area (Å²) in [7, 11) is 0. The highest BCUT2D eigenvalue weighted by atomic mass is 14.2. The highest BCUT2D eigenvalue weighted by Crippen LogP contribution is 2.28. The number of hydrogen-bond acceptors (Lipinski definition) is 0. The minimum Gasteiger partial charge on any atom is -0.0656 e. The summed E-state index contributed by atoms with van der Waals surface area (Å²) >= 11 is 0. The third-order valence-corrected chi connectivity index (χ3v) is 2.54. The predicted octanol–water partition coefficient (Wildman–Crippen LogP) is 4.25. The van der Waals surface area contributed by atoms with Gasteiger partial charge in [0, 0.05) is 0 Å². The summed E-state index contributed by atoms with van der Waals surface area (Å²) in [6.07, 6.45) is 7.15. The monoisotopic (exact) mass is 156 g/mol. The van der Waals surface area contributed by atoms with Gasteiger partial charge in [0.15, 0.2) is 0 Å². The first-order chi connectivity index (χ1) is 5.22. The Morgan fingerprint density at radius 1 is 0.909 bits per heavy atom. The van der Waals surface area contributed by atoms with Crippen LogP contribution in [0.15, 0.2) is 0 Å². The maximum Gasteiger partial charge on any atom is -0.0417 e. The molecule has 0 bridgehead atoms. The summed E-state index contributed by atoms with van der Waals surface area (Å²) in [5.74, 6) is 2.01. The van der Waals surface area contributed by atoms with E-state index in [0.29, 0.717) is 0 Å². The maximum atomic E-state index is 2.38. The van der Waals surface area contributed by atoms with Crippen LogP contribution in [0.25, 0.3) is 0 Å². The highest BCUT2D eigenvalue weighted by Gasteiger charge is 2.15. The lowest BCUT2D eigenvalue weighted by Gasteiger charge is -2.24. The smallest absolute Gasteiger partial charge is 0.0417 e. The molecule has 0 heteroatoms. The van der Waals surface area contributed by atoms with Crippen molar-refractivity contribution < 1.29 is 0 Å². The standard InChI is InChI=1S/C8H16.C3H8/c1-7-5-3-4-6-8(7)2;1-3-2/h7-8H,3-6H2,1-2H3;3H2,1-2H3/t7-,8+;. The number of rotatable bonds is 0. The van der Waals surface area contributed by atoms with Gasteiger partial charge in [0.1, 0.15) is 0 Å². The summed E-state index contributed by atoms with van der Waals surface area (Å²) in [5, 5.41) is 0. The highest BCUT2D eigenvalue weighted by molar-refractivity contribution is 4.67. The second-order valence-corrected chi connectivity index (χ2v) is 3.95. The van der Waals surface area contributed by atoms with Crippen molar-refractivity contribution in [2.24, 2.45) is 11.8 Å². The Kier molecular flexibility index (Phi) is 6.69. The van der Waals surface area contributed by atoms with Gasteiger partial charge in [0.2, 0.25) is 0 Å². The Labute approximate surface area is 72.4 Å². The molecule has 0 amide bonds. The van der Waals surface area contributed by atoms with E-state index in [0.717, 1.165) is 11.8 Å². The van der Waals surface area contributed by atoms with Gasteiger partial charge in [-0.1, -0.05) is 59.8 Å². The van der Waals surface area contributed by atoms with Crippen molar-refractivity contribution in [3.63, 3.8) is 0 Å². The molecule has 68 valence electrons. The van der Waals surface area contributed by atoms with Crippen LogP contribution in [0.5, 0.6) is 0 Å². The Hall–Kier alpha value is 0. The van der Waals surface area contributed by atoms with Crippen LogP contribution in [0, 0.1) is 11.8 Å². The fourth-order valence-electron chi connectivity index (χ4n) is 1.50. The van der Waals surface area contributed by atoms with Crippen molar-refractivity contribution in [3.05, 3.63) is 0 Å². The fourth-order valence-corrected chi connectivity index (χ4v) is 1.50. The normalized spacial score (nSPS) is 30.5. The maximum absolute atomic E-state index is 2.38. The van der Waals surface area contributed by atoms with E-state index in [9.17, 15) is 0 Å². The molecule has 0 unspecified atom stereocenters. The van der Waals surface area contributed by atoms with Crippen molar-refractivity contribution in [1.82, 2.24) is 0 Å². The lowest BCUT2D eigenvalue weighted by atomic mass is 9.82. The molecule has 0 aromatic carbocycles. The zero-order valence-electron chi connectivity index (χ0n) is 8.69. The van der Waals surface area contributed by atoms with E-state index in [1.165, 1.54) is 32.1 Å². The Balaban J connectivity index is 0.000000292. The lowest BCUT2D eigenvalue weighted by Crippen LogP contribution is -2.12. The van der Waals surface area contributed by atoms with E-state index in [1.54, 1.807) is 0 Å². The number of hydrogen-bond donors (Lipinski definition) is 0. The van der Waals surface area contributed by atoms with Crippen molar-refractivity contribution in [2.75, 3.05) is 0 Å². The topological polar surface area (TPSA) is 0 Å². The van der Waals surface area contributed by atoms with Crippen LogP contribution in [0.1, 0.15) is 59.8 Å². The van der Waals surface area contributed by atoms with Crippen molar-refractivity contribution >= 4 is 0 Å². The molecule has 0 N–H and O–H groups in total. The fraction of sp³-hybridized carbons (Fsp3) is 1.00. The van der Waals surface area contributed by atoms with Gasteiger partial charge in [-0.15, -0.1) is 0 Å². The van der Waals surface area contributed by atoms with Crippen LogP contribution < -0.4 is 0 Å². The molecular formula is C11H24. The molecule has 1 rings (SSSR count). The predicted molar refractivity (Wildman–Crippen MR) is 52.8 cm³/mol. The Bertz CT molecular complexity index is 66.1. The summed E-state index contributed by atoms with van der Waals surface area (Å²) in [6.45, 7) is 9.01. The van der Waals surface area contributed by atoms with E-state index in [4.69, 9.17) is 0 Å². The van der Waals surface area contributed by atoms with Crippen LogP contribution in [-0.2, 0) is 0 Å². The van der Waals surface area contributed by atoms with Crippen molar-refractivity contribution in [2.45, 2.75) is 59.8 Å². The van der Waals surface area contributed by atoms with E-state index in [-0.39, 0.29) is 0 Å². The van der Waals surface area contributed by atoms with E-state index in [1.807, 2.05) is 0 Å². The summed E-state index contributed by atoms with van der Waals surface area (Å²) in [4.78, 5) is 0. The zero-order valence-corrected chi connectivity index (χ0v) is 8.69. The SMILES string of the molecule is CCC.C[C@@H]1CCCC[C@@H]1C. The molecule has 0 aromatic heterocycles. The average molecular weight is 156 g/mol. The molecule has 0 spiro atoms. The molecule has 1 aliphatic rings. The van der Waals surface area contributed by atoms with Crippen molar-refractivity contribution in [3.8, 4) is 0 Å². The first-order valence-corrected chi connectivity index (χ1v) is 5.22. The van der Waals surface area contributed by atoms with Crippen LogP contribution in [0.4, 0.5) is 0 Å². The Morgan fingerprint density at radius 2 is 1.18 bits per heavy atom. The lowest BCUT2D eigenvalue weighted by molar-refractivity contribution is 0.277. The minimum absolute atomic E-state index is 1.00. The van der Waals surface area contributed by atoms with Gasteiger partial charge < -0.3 is 0 Å². The first kappa shape index (κ1) is 11.0. The van der Waals surface area contributed by atoms with Crippen LogP contribution in [0.2, 0.25) is 0 Å². The Morgan fingerprint density at radius 3 is 1.36 bits per heavy atom. The molecule has 0 saturated heterocycles. The van der Waals surface area contributed by atoms with Crippen molar-refractivity contribution in [1.29, 1.82) is 0 Å². The molecule has 0 heterocycles. The van der Waals surface area contributed by atoms with Gasteiger partial charge in [-0.25, -0.2) is 0 Å². The quantitative estimate of drug-likeness (QED) is 0.492. The molecule has 1 saturated carbocycles. The van der Waals surface area contributed by atoms with Crippen LogP contribution in [0.3, 0.4) is 0 Å². The molecule has 1 fully saturated rings. The molecular weight excluding hydrogens is 132 g/mol. The molecule has 0 aliphatic heterocycles. The summed E-state index contributed by atoms with van der Waals surface area (Å²) < 4.78 is 0. The van der Waals surface area contributed by atoms with Crippen LogP contribution in [-0.4, -0.2) is 0 Å². The second-order valence-electron chi connectivity index (χ2n) is 3.95. The molecule has 1 aliphatic carbocycles. The van der Waals surface area contributed by atoms with Gasteiger partial charge in [0.05, 0.1) is 0 Å². The first-order valence-electron chi connectivity index (χ1n) is 5.22. The average Bonchev–Trinajstić information content (AvgIpc) is 1.97. The molecule has 0 aromatic rings. The second kappa shape index (κ2) is 6.69. The van der Waals surface area contributed by atoms with Gasteiger partial charge >= 0.3 is 0 Å². The zero-order chi connectivity index (χ0) is 8.69. The van der Waals surface area contributed by atoms with Gasteiger partial charge in [-0.3, -0.25) is 0 Å². The molecule has 2 atom stereocenters. The minimum atomic E-state index is 1.00. The van der Waals surface area contributed by atoms with E-state index >= 15 is 0 Å². The van der Waals surface area contributed by atoms with E-state index < -0.39 is 0 Å². The third-order valence-electron chi connectivity index (χ3n) is 2.54. The molecule has 11 heavy (non-hydrogen) atoms. The van der Waals surface area contributed by atoms with Gasteiger partial charge in [-0.05, 0) is 11.8 Å². The van der Waals surface area contributed by atoms with Gasteiger partial charge in [0.25, 0.3) is 0 Å². The summed E-state index contributed by atoms with van der Waals surface area (Å²) in [5.41, 5.74) is 0. The molecule has 0 nitrogen and oxygen atoms in total.